The van der Waals surface area contributed by atoms with Crippen LogP contribution in [0.2, 0.25) is 0 Å². The Hall–Kier alpha value is -8.99. The Morgan fingerprint density at radius 1 is 0.506 bits per heavy atom. The molecular formula is C54H33N9O11S3-2. The predicted octanol–water partition coefficient (Wildman–Crippen LogP) is 7.95. The highest BCUT2D eigenvalue weighted by Crippen LogP contribution is 2.45. The molecule has 0 unspecified atom stereocenters. The fourth-order valence-electron chi connectivity index (χ4n) is 9.32. The van der Waals surface area contributed by atoms with Crippen LogP contribution in [0, 0.1) is 12.3 Å². The summed E-state index contributed by atoms with van der Waals surface area (Å²) in [5.74, 6) is 2.63. The zero-order valence-corrected chi connectivity index (χ0v) is 41.9. The van der Waals surface area contributed by atoms with Crippen molar-refractivity contribution in [2.75, 3.05) is 19.8 Å². The van der Waals surface area contributed by atoms with Gasteiger partial charge in [-0.05, 0) is 84.9 Å². The van der Waals surface area contributed by atoms with E-state index in [0.717, 1.165) is 12.1 Å². The average molecular weight is 1080 g/mol. The first-order valence-electron chi connectivity index (χ1n) is 23.2. The lowest BCUT2D eigenvalue weighted by atomic mass is 9.93. The first-order chi connectivity index (χ1) is 37.0. The van der Waals surface area contributed by atoms with Gasteiger partial charge in [0.05, 0.1) is 102 Å². The molecule has 0 aliphatic heterocycles. The Kier molecular flexibility index (Phi) is 11.9. The van der Waals surface area contributed by atoms with Crippen molar-refractivity contribution in [1.29, 1.82) is 0 Å². The predicted molar refractivity (Wildman–Crippen MR) is 284 cm³/mol. The maximum atomic E-state index is 12.7. The van der Waals surface area contributed by atoms with Gasteiger partial charge in [0.1, 0.15) is 43.2 Å². The summed E-state index contributed by atoms with van der Waals surface area (Å²) >= 11 is 0. The normalized spacial score (nSPS) is 12.4. The van der Waals surface area contributed by atoms with Gasteiger partial charge in [0.2, 0.25) is 0 Å². The van der Waals surface area contributed by atoms with Crippen LogP contribution in [0.15, 0.2) is 154 Å². The summed E-state index contributed by atoms with van der Waals surface area (Å²) in [7, 11) is -15.7. The van der Waals surface area contributed by atoms with Crippen LogP contribution in [-0.2, 0) is 41.6 Å². The number of ether oxygens (including phenoxy) is 2. The van der Waals surface area contributed by atoms with Crippen LogP contribution in [0.1, 0.15) is 5.56 Å². The highest BCUT2D eigenvalue weighted by molar-refractivity contribution is 7.87. The average Bonchev–Trinajstić information content (AvgIpc) is 3.98. The maximum absolute atomic E-state index is 12.7. The Balaban J connectivity index is 0.869. The number of benzene rings is 4. The Labute approximate surface area is 435 Å². The molecule has 0 radical (unpaired) electrons. The molecule has 12 rings (SSSR count). The monoisotopic (exact) mass is 1080 g/mol. The Morgan fingerprint density at radius 2 is 0.922 bits per heavy atom. The van der Waals surface area contributed by atoms with Crippen molar-refractivity contribution in [1.82, 2.24) is 44.9 Å². The molecule has 0 saturated heterocycles. The van der Waals surface area contributed by atoms with Gasteiger partial charge in [-0.25, -0.2) is 51.4 Å². The van der Waals surface area contributed by atoms with Gasteiger partial charge in [-0.15, -0.1) is 11.5 Å². The first-order valence-corrected chi connectivity index (χ1v) is 27.4. The van der Waals surface area contributed by atoms with Gasteiger partial charge in [-0.2, -0.15) is 8.42 Å². The number of terminal acetylenes is 1. The number of nitrogens with zero attached hydrogens (tertiary/aromatic N) is 9. The van der Waals surface area contributed by atoms with Gasteiger partial charge in [0.25, 0.3) is 10.1 Å². The minimum Gasteiger partial charge on any atom is -0.744 e. The molecule has 0 aliphatic rings. The molecule has 0 atom stereocenters. The molecule has 23 heteroatoms. The third-order valence-corrected chi connectivity index (χ3v) is 15.4. The van der Waals surface area contributed by atoms with Gasteiger partial charge in [-0.3, -0.25) is 4.55 Å². The molecule has 1 N–H and O–H groups in total. The molecule has 20 nitrogen and oxygen atoms in total. The number of hydrogen-bond donors (Lipinski definition) is 1. The minimum absolute atomic E-state index is 0.0555. The Morgan fingerprint density at radius 3 is 1.40 bits per heavy atom. The number of fused-ring (bicyclic) bond motifs is 18. The standard InChI is InChI=1S/C54H35N9O11S3/c1-2-30-23-44-42-13-5-11-40(57-42)38-9-3-7-36(55-38)37-8-4-10-39(56-37)41-12-6-14-43(58-41)46-25-31(26-47(60-46)45(24-30)59-44)48-29-63(62-61-48)19-20-73-21-22-74-49-27-50(75(64,65)66)33-17-18-35-52(77(70,71)72)28-51(76(67,68)69)34-16-15-32(49)53(33)54(34)35/h1,3-18,23-29H,19-22H2,(H,64,65,66)(H,67,68,69)(H,70,71,72)/p-2. The lowest BCUT2D eigenvalue weighted by molar-refractivity contribution is 0.0927. The number of rotatable bonds is 11. The van der Waals surface area contributed by atoms with Crippen LogP contribution < -0.4 is 4.74 Å². The molecule has 0 amide bonds. The number of aromatic nitrogens is 9. The van der Waals surface area contributed by atoms with Gasteiger partial charge < -0.3 is 18.6 Å². The Bertz CT molecular complexity index is 4970. The van der Waals surface area contributed by atoms with E-state index < -0.39 is 45.0 Å². The van der Waals surface area contributed by atoms with E-state index in [9.17, 15) is 38.9 Å². The van der Waals surface area contributed by atoms with E-state index >= 15 is 0 Å². The maximum Gasteiger partial charge on any atom is 0.295 e. The third kappa shape index (κ3) is 9.25. The highest BCUT2D eigenvalue weighted by Gasteiger charge is 2.26. The van der Waals surface area contributed by atoms with Gasteiger partial charge >= 0.3 is 0 Å². The van der Waals surface area contributed by atoms with Crippen molar-refractivity contribution < 1.29 is 48.4 Å². The summed E-state index contributed by atoms with van der Waals surface area (Å²) < 4.78 is 123. The van der Waals surface area contributed by atoms with Crippen LogP contribution in [-0.4, -0.2) is 104 Å². The van der Waals surface area contributed by atoms with Gasteiger partial charge in [-0.1, -0.05) is 53.6 Å². The number of hydrogen-bond acceptors (Lipinski definition) is 18. The van der Waals surface area contributed by atoms with Crippen LogP contribution in [0.4, 0.5) is 0 Å². The molecule has 8 aromatic heterocycles. The SMILES string of the molecule is C#Cc1cc2nc(c1)c1cc(-c3cn(CCOCCOc4cc(S(=O)(=O)O)c5ccc6c(S(=O)(=O)[O-])cc(S(=O)(=O)[O-])c7ccc4c5c76)nn3)cc(n1)c1cccc(n1)c1cccc(n1)c1cccc(n1)c1cccc2n1. The molecule has 8 heterocycles. The molecule has 4 aromatic carbocycles. The van der Waals surface area contributed by atoms with Crippen molar-refractivity contribution in [3.05, 3.63) is 145 Å². The minimum atomic E-state index is -5.36. The van der Waals surface area contributed by atoms with Crippen molar-refractivity contribution in [3.8, 4) is 29.4 Å². The summed E-state index contributed by atoms with van der Waals surface area (Å²) in [6, 6.07) is 36.1. The third-order valence-electron chi connectivity index (χ3n) is 12.7. The molecular weight excluding hydrogens is 1050 g/mol. The van der Waals surface area contributed by atoms with E-state index in [1.165, 1.54) is 18.2 Å². The molecule has 0 saturated carbocycles. The molecule has 12 aromatic rings. The van der Waals surface area contributed by atoms with Crippen molar-refractivity contribution in [3.63, 3.8) is 0 Å². The van der Waals surface area contributed by atoms with Gasteiger partial charge in [0, 0.05) is 49.5 Å². The molecule has 0 fully saturated rings. The lowest BCUT2D eigenvalue weighted by Gasteiger charge is -2.21. The van der Waals surface area contributed by atoms with Crippen LogP contribution in [0.5, 0.6) is 5.75 Å². The van der Waals surface area contributed by atoms with Crippen molar-refractivity contribution in [2.24, 2.45) is 0 Å². The second kappa shape index (κ2) is 18.7. The zero-order valence-electron chi connectivity index (χ0n) is 39.5. The summed E-state index contributed by atoms with van der Waals surface area (Å²) in [5.41, 5.74) is 8.44. The second-order valence-corrected chi connectivity index (χ2v) is 21.6. The van der Waals surface area contributed by atoms with E-state index in [1.807, 2.05) is 84.9 Å². The molecule has 0 aliphatic carbocycles. The van der Waals surface area contributed by atoms with Gasteiger partial charge in [0.15, 0.2) is 0 Å². The van der Waals surface area contributed by atoms with E-state index in [2.05, 4.69) is 16.2 Å². The zero-order chi connectivity index (χ0) is 53.4. The largest absolute Gasteiger partial charge is 0.744 e. The van der Waals surface area contributed by atoms with E-state index in [0.29, 0.717) is 89.1 Å². The van der Waals surface area contributed by atoms with Crippen molar-refractivity contribution in [2.45, 2.75) is 21.2 Å². The fourth-order valence-corrected chi connectivity index (χ4v) is 11.5. The topological polar surface area (TPSA) is 295 Å². The summed E-state index contributed by atoms with van der Waals surface area (Å²) in [6.07, 6.45) is 7.75. The van der Waals surface area contributed by atoms with Crippen molar-refractivity contribution >= 4 is 129 Å². The smallest absolute Gasteiger partial charge is 0.295 e. The quantitative estimate of drug-likeness (QED) is 0.0556. The summed E-state index contributed by atoms with van der Waals surface area (Å²) in [4.78, 5) is 27.3. The van der Waals surface area contributed by atoms with E-state index in [1.54, 1.807) is 23.0 Å². The molecule has 12 bridgehead atoms. The van der Waals surface area contributed by atoms with E-state index in [-0.39, 0.29) is 64.4 Å². The fraction of sp³-hybridized carbons (Fsp3) is 0.0741. The number of pyridine rings is 6. The van der Waals surface area contributed by atoms with Crippen LogP contribution in [0.25, 0.3) is 110 Å². The second-order valence-electron chi connectivity index (χ2n) is 17.6. The molecule has 77 heavy (non-hydrogen) atoms. The summed E-state index contributed by atoms with van der Waals surface area (Å²) in [5, 5.41) is 8.00. The first kappa shape index (κ1) is 48.9. The van der Waals surface area contributed by atoms with Crippen LogP contribution in [0.3, 0.4) is 0 Å². The lowest BCUT2D eigenvalue weighted by Crippen LogP contribution is -2.12. The van der Waals surface area contributed by atoms with E-state index in [4.69, 9.17) is 45.8 Å². The molecule has 0 spiro atoms. The summed E-state index contributed by atoms with van der Waals surface area (Å²) in [6.45, 7) is 0.0791. The van der Waals surface area contributed by atoms with Crippen LogP contribution >= 0.6 is 0 Å². The highest BCUT2D eigenvalue weighted by atomic mass is 32.2. The molecule has 380 valence electrons.